The molecule has 150 valence electrons. The molecule has 1 amide bonds. The molecule has 1 aliphatic heterocycles. The largest absolute Gasteiger partial charge is 0.468 e. The standard InChI is InChI=1S/C20H20ClF3N2O2/c1-12-8-14(9-25-18(12)28-11-20(22,23)24)13(2)26-10-16-15(19(26)27)6-4-3-5-7-17(16)21/h4,6-9,13H,3,5,10-11H2,1-2H3/b6-4-,17-7?. The van der Waals surface area contributed by atoms with Crippen LogP contribution >= 0.6 is 11.6 Å². The minimum atomic E-state index is -4.43. The van der Waals surface area contributed by atoms with Gasteiger partial charge in [-0.15, -0.1) is 0 Å². The number of nitrogens with zero attached hydrogens (tertiary/aromatic N) is 2. The number of aryl methyl sites for hydroxylation is 1. The van der Waals surface area contributed by atoms with Crippen LogP contribution < -0.4 is 4.74 Å². The highest BCUT2D eigenvalue weighted by atomic mass is 35.5. The number of hydrogen-bond donors (Lipinski definition) is 0. The second kappa shape index (κ2) is 7.99. The van der Waals surface area contributed by atoms with Crippen molar-refractivity contribution in [3.8, 4) is 5.88 Å². The van der Waals surface area contributed by atoms with Crippen LogP contribution in [0.25, 0.3) is 0 Å². The average molecular weight is 413 g/mol. The maximum absolute atomic E-state index is 12.9. The number of carbonyl (C=O) groups is 1. The van der Waals surface area contributed by atoms with Crippen LogP contribution in [0.15, 0.2) is 46.7 Å². The highest BCUT2D eigenvalue weighted by Crippen LogP contribution is 2.35. The van der Waals surface area contributed by atoms with E-state index in [1.165, 1.54) is 6.20 Å². The lowest BCUT2D eigenvalue weighted by atomic mass is 10.1. The Morgan fingerprint density at radius 3 is 2.79 bits per heavy atom. The molecule has 0 bridgehead atoms. The molecule has 1 atom stereocenters. The van der Waals surface area contributed by atoms with Crippen LogP contribution in [0.1, 0.15) is 36.9 Å². The van der Waals surface area contributed by atoms with E-state index in [4.69, 9.17) is 16.3 Å². The fraction of sp³-hybridized carbons (Fsp3) is 0.400. The van der Waals surface area contributed by atoms with Crippen LogP contribution in [-0.4, -0.2) is 35.1 Å². The van der Waals surface area contributed by atoms with Gasteiger partial charge in [0.2, 0.25) is 5.88 Å². The highest BCUT2D eigenvalue weighted by molar-refractivity contribution is 6.33. The van der Waals surface area contributed by atoms with Crippen molar-refractivity contribution in [2.45, 2.75) is 38.9 Å². The van der Waals surface area contributed by atoms with Crippen molar-refractivity contribution in [3.05, 3.63) is 57.8 Å². The van der Waals surface area contributed by atoms with Crippen LogP contribution in [0.4, 0.5) is 13.2 Å². The van der Waals surface area contributed by atoms with Gasteiger partial charge in [0.25, 0.3) is 5.91 Å². The molecule has 1 unspecified atom stereocenters. The molecule has 28 heavy (non-hydrogen) atoms. The van der Waals surface area contributed by atoms with E-state index in [0.717, 1.165) is 18.4 Å². The monoisotopic (exact) mass is 412 g/mol. The van der Waals surface area contributed by atoms with Gasteiger partial charge >= 0.3 is 6.18 Å². The van der Waals surface area contributed by atoms with E-state index < -0.39 is 12.8 Å². The zero-order valence-corrected chi connectivity index (χ0v) is 16.3. The van der Waals surface area contributed by atoms with Crippen molar-refractivity contribution in [3.63, 3.8) is 0 Å². The van der Waals surface area contributed by atoms with Crippen LogP contribution in [-0.2, 0) is 4.79 Å². The van der Waals surface area contributed by atoms with E-state index in [2.05, 4.69) is 4.98 Å². The molecule has 0 fully saturated rings. The first-order chi connectivity index (χ1) is 13.2. The maximum Gasteiger partial charge on any atom is 0.422 e. The van der Waals surface area contributed by atoms with Gasteiger partial charge in [0.15, 0.2) is 6.61 Å². The third-order valence-electron chi connectivity index (χ3n) is 4.75. The fourth-order valence-electron chi connectivity index (χ4n) is 3.22. The van der Waals surface area contributed by atoms with Gasteiger partial charge in [0.05, 0.1) is 6.04 Å². The lowest BCUT2D eigenvalue weighted by molar-refractivity contribution is -0.154. The van der Waals surface area contributed by atoms with Gasteiger partial charge in [-0.05, 0) is 38.3 Å². The van der Waals surface area contributed by atoms with E-state index in [0.29, 0.717) is 28.3 Å². The summed E-state index contributed by atoms with van der Waals surface area (Å²) < 4.78 is 41.8. The Kier molecular flexibility index (Phi) is 5.84. The van der Waals surface area contributed by atoms with Crippen molar-refractivity contribution in [2.75, 3.05) is 13.2 Å². The molecule has 0 saturated heterocycles. The molecule has 8 heteroatoms. The first-order valence-corrected chi connectivity index (χ1v) is 9.28. The smallest absolute Gasteiger partial charge is 0.422 e. The van der Waals surface area contributed by atoms with Gasteiger partial charge in [-0.2, -0.15) is 13.2 Å². The lowest BCUT2D eigenvalue weighted by Crippen LogP contribution is -2.30. The second-order valence-corrected chi connectivity index (χ2v) is 7.23. The predicted octanol–water partition coefficient (Wildman–Crippen LogP) is 5.00. The third kappa shape index (κ3) is 4.41. The van der Waals surface area contributed by atoms with Crippen molar-refractivity contribution in [1.82, 2.24) is 9.88 Å². The topological polar surface area (TPSA) is 42.4 Å². The van der Waals surface area contributed by atoms with Gasteiger partial charge in [0.1, 0.15) is 0 Å². The number of hydrogen-bond acceptors (Lipinski definition) is 3. The molecule has 3 rings (SSSR count). The lowest BCUT2D eigenvalue weighted by Gasteiger charge is -2.26. The van der Waals surface area contributed by atoms with Crippen molar-refractivity contribution in [2.24, 2.45) is 0 Å². The summed E-state index contributed by atoms with van der Waals surface area (Å²) in [6, 6.07) is 1.38. The number of halogens is 4. The summed E-state index contributed by atoms with van der Waals surface area (Å²) in [4.78, 5) is 18.6. The molecular weight excluding hydrogens is 393 g/mol. The molecule has 2 aliphatic rings. The molecule has 2 heterocycles. The zero-order chi connectivity index (χ0) is 20.5. The molecule has 0 N–H and O–H groups in total. The van der Waals surface area contributed by atoms with E-state index in [1.54, 1.807) is 17.9 Å². The van der Waals surface area contributed by atoms with Gasteiger partial charge in [-0.1, -0.05) is 29.8 Å². The first-order valence-electron chi connectivity index (χ1n) is 8.90. The number of allylic oxidation sites excluding steroid dienone is 2. The Bertz CT molecular complexity index is 875. The Balaban J connectivity index is 1.79. The Hall–Kier alpha value is -2.28. The average Bonchev–Trinajstić information content (AvgIpc) is 2.93. The summed E-state index contributed by atoms with van der Waals surface area (Å²) in [5, 5.41) is 0.590. The number of amides is 1. The summed E-state index contributed by atoms with van der Waals surface area (Å²) in [7, 11) is 0. The summed E-state index contributed by atoms with van der Waals surface area (Å²) in [5.41, 5.74) is 2.57. The quantitative estimate of drug-likeness (QED) is 0.698. The van der Waals surface area contributed by atoms with Gasteiger partial charge in [-0.25, -0.2) is 4.98 Å². The molecule has 1 aromatic heterocycles. The number of alkyl halides is 3. The van der Waals surface area contributed by atoms with Gasteiger partial charge in [-0.3, -0.25) is 4.79 Å². The Morgan fingerprint density at radius 1 is 1.36 bits per heavy atom. The Morgan fingerprint density at radius 2 is 2.11 bits per heavy atom. The number of pyridine rings is 1. The van der Waals surface area contributed by atoms with Crippen LogP contribution in [0, 0.1) is 6.92 Å². The Labute approximate surface area is 166 Å². The first kappa shape index (κ1) is 20.5. The molecule has 0 radical (unpaired) electrons. The molecule has 1 aliphatic carbocycles. The molecular formula is C20H20ClF3N2O2. The highest BCUT2D eigenvalue weighted by Gasteiger charge is 2.34. The second-order valence-electron chi connectivity index (χ2n) is 6.83. The van der Waals surface area contributed by atoms with Crippen molar-refractivity contribution in [1.29, 1.82) is 0 Å². The van der Waals surface area contributed by atoms with Gasteiger partial charge < -0.3 is 9.64 Å². The molecule has 1 aromatic rings. The summed E-state index contributed by atoms with van der Waals surface area (Å²) >= 11 is 6.36. The molecule has 0 aromatic carbocycles. The maximum atomic E-state index is 12.9. The predicted molar refractivity (Wildman–Crippen MR) is 100.0 cm³/mol. The molecule has 4 nitrogen and oxygen atoms in total. The number of carbonyl (C=O) groups excluding carboxylic acids is 1. The van der Waals surface area contributed by atoms with Crippen LogP contribution in [0.3, 0.4) is 0 Å². The van der Waals surface area contributed by atoms with E-state index >= 15 is 0 Å². The third-order valence-corrected chi connectivity index (χ3v) is 5.13. The molecule has 0 saturated carbocycles. The zero-order valence-electron chi connectivity index (χ0n) is 15.5. The van der Waals surface area contributed by atoms with E-state index in [1.807, 2.05) is 25.2 Å². The fourth-order valence-corrected chi connectivity index (χ4v) is 3.50. The number of rotatable bonds is 4. The summed E-state index contributed by atoms with van der Waals surface area (Å²) in [6.45, 7) is 2.46. The minimum Gasteiger partial charge on any atom is -0.468 e. The van der Waals surface area contributed by atoms with E-state index in [-0.39, 0.29) is 17.8 Å². The van der Waals surface area contributed by atoms with Gasteiger partial charge in [0, 0.05) is 34.5 Å². The normalized spacial score (nSPS) is 19.7. The van der Waals surface area contributed by atoms with Crippen LogP contribution in [0.2, 0.25) is 0 Å². The molecule has 0 spiro atoms. The number of ether oxygens (including phenoxy) is 1. The van der Waals surface area contributed by atoms with E-state index in [9.17, 15) is 18.0 Å². The van der Waals surface area contributed by atoms with Crippen molar-refractivity contribution < 1.29 is 22.7 Å². The van der Waals surface area contributed by atoms with Crippen molar-refractivity contribution >= 4 is 17.5 Å². The summed E-state index contributed by atoms with van der Waals surface area (Å²) in [6.07, 6.45) is 4.35. The minimum absolute atomic E-state index is 0.0691. The van der Waals surface area contributed by atoms with Crippen LogP contribution in [0.5, 0.6) is 5.88 Å². The summed E-state index contributed by atoms with van der Waals surface area (Å²) in [5.74, 6) is -0.192. The number of aromatic nitrogens is 1. The SMILES string of the molecule is Cc1cc(C(C)N2CC3=C(/C=C\CCC=C3Cl)C2=O)cnc1OCC(F)(F)F.